The van der Waals surface area contributed by atoms with Crippen LogP contribution in [0.5, 0.6) is 11.5 Å². The van der Waals surface area contributed by atoms with Crippen molar-refractivity contribution in [1.29, 1.82) is 0 Å². The highest BCUT2D eigenvalue weighted by Gasteiger charge is 2.11. The molecule has 0 bridgehead atoms. The molecule has 2 N–H and O–H groups in total. The number of ether oxygens (including phenoxy) is 2. The predicted octanol–water partition coefficient (Wildman–Crippen LogP) is 3.30. The van der Waals surface area contributed by atoms with Crippen molar-refractivity contribution in [3.05, 3.63) is 59.9 Å². The molecule has 0 radical (unpaired) electrons. The molecule has 20 heavy (non-hydrogen) atoms. The summed E-state index contributed by atoms with van der Waals surface area (Å²) in [4.78, 5) is 0. The highest BCUT2D eigenvalue weighted by atomic mass is 19.1. The summed E-state index contributed by atoms with van der Waals surface area (Å²) in [6, 6.07) is 13.2. The van der Waals surface area contributed by atoms with Gasteiger partial charge in [-0.2, -0.15) is 0 Å². The smallest absolute Gasteiger partial charge is 0.128 e. The number of halogens is 1. The standard InChI is InChI=1S/C16H18FNO2/c1-2-19-12-6-5-7-13(10-12)20-11-16(18)14-8-3-4-9-15(14)17/h3-10,16H,2,11,18H2,1H3. The molecule has 0 spiro atoms. The van der Waals surface area contributed by atoms with Gasteiger partial charge in [-0.15, -0.1) is 0 Å². The minimum absolute atomic E-state index is 0.205. The summed E-state index contributed by atoms with van der Waals surface area (Å²) in [5.74, 6) is 1.08. The number of hydrogen-bond donors (Lipinski definition) is 1. The largest absolute Gasteiger partial charge is 0.494 e. The Balaban J connectivity index is 1.98. The van der Waals surface area contributed by atoms with E-state index in [0.29, 0.717) is 17.9 Å². The van der Waals surface area contributed by atoms with Crippen LogP contribution < -0.4 is 15.2 Å². The Kier molecular flexibility index (Phi) is 4.96. The van der Waals surface area contributed by atoms with Crippen LogP contribution in [0.1, 0.15) is 18.5 Å². The molecule has 1 unspecified atom stereocenters. The maximum Gasteiger partial charge on any atom is 0.128 e. The summed E-state index contributed by atoms with van der Waals surface area (Å²) >= 11 is 0. The lowest BCUT2D eigenvalue weighted by molar-refractivity contribution is 0.284. The predicted molar refractivity (Wildman–Crippen MR) is 76.4 cm³/mol. The minimum atomic E-state index is -0.507. The van der Waals surface area contributed by atoms with Crippen molar-refractivity contribution in [3.63, 3.8) is 0 Å². The van der Waals surface area contributed by atoms with Gasteiger partial charge in [-0.3, -0.25) is 0 Å². The summed E-state index contributed by atoms with van der Waals surface area (Å²) in [6.07, 6.45) is 0. The van der Waals surface area contributed by atoms with E-state index in [4.69, 9.17) is 15.2 Å². The van der Waals surface area contributed by atoms with Gasteiger partial charge in [0, 0.05) is 11.6 Å². The molecule has 0 saturated carbocycles. The maximum absolute atomic E-state index is 13.6. The minimum Gasteiger partial charge on any atom is -0.494 e. The Labute approximate surface area is 118 Å². The van der Waals surface area contributed by atoms with Gasteiger partial charge in [-0.05, 0) is 25.1 Å². The van der Waals surface area contributed by atoms with E-state index in [-0.39, 0.29) is 12.4 Å². The topological polar surface area (TPSA) is 44.5 Å². The molecule has 3 nitrogen and oxygen atoms in total. The van der Waals surface area contributed by atoms with E-state index in [1.54, 1.807) is 24.3 Å². The van der Waals surface area contributed by atoms with Crippen LogP contribution in [-0.2, 0) is 0 Å². The quantitative estimate of drug-likeness (QED) is 0.879. The second-order valence-corrected chi connectivity index (χ2v) is 4.35. The second-order valence-electron chi connectivity index (χ2n) is 4.35. The molecular weight excluding hydrogens is 257 g/mol. The third-order valence-corrected chi connectivity index (χ3v) is 2.85. The number of rotatable bonds is 6. The lowest BCUT2D eigenvalue weighted by Gasteiger charge is -2.14. The van der Waals surface area contributed by atoms with Crippen LogP contribution in [0.4, 0.5) is 4.39 Å². The Morgan fingerprint density at radius 2 is 1.75 bits per heavy atom. The van der Waals surface area contributed by atoms with Crippen LogP contribution in [0, 0.1) is 5.82 Å². The van der Waals surface area contributed by atoms with Gasteiger partial charge in [0.2, 0.25) is 0 Å². The molecule has 0 fully saturated rings. The van der Waals surface area contributed by atoms with Crippen molar-refractivity contribution >= 4 is 0 Å². The summed E-state index contributed by atoms with van der Waals surface area (Å²) < 4.78 is 24.6. The SMILES string of the molecule is CCOc1cccc(OCC(N)c2ccccc2F)c1. The third-order valence-electron chi connectivity index (χ3n) is 2.85. The molecular formula is C16H18FNO2. The first-order valence-corrected chi connectivity index (χ1v) is 6.56. The van der Waals surface area contributed by atoms with Crippen molar-refractivity contribution in [2.24, 2.45) is 5.73 Å². The van der Waals surface area contributed by atoms with Gasteiger partial charge in [-0.25, -0.2) is 4.39 Å². The van der Waals surface area contributed by atoms with E-state index in [1.807, 2.05) is 25.1 Å². The van der Waals surface area contributed by atoms with Crippen molar-refractivity contribution in [1.82, 2.24) is 0 Å². The van der Waals surface area contributed by atoms with E-state index >= 15 is 0 Å². The first kappa shape index (κ1) is 14.3. The molecule has 0 aliphatic carbocycles. The zero-order chi connectivity index (χ0) is 14.4. The molecule has 0 saturated heterocycles. The number of benzene rings is 2. The molecule has 2 aromatic rings. The van der Waals surface area contributed by atoms with Gasteiger partial charge >= 0.3 is 0 Å². The molecule has 106 valence electrons. The fourth-order valence-corrected chi connectivity index (χ4v) is 1.87. The molecule has 0 heterocycles. The van der Waals surface area contributed by atoms with E-state index in [9.17, 15) is 4.39 Å². The number of nitrogens with two attached hydrogens (primary N) is 1. The Bertz CT molecular complexity index is 560. The highest BCUT2D eigenvalue weighted by molar-refractivity contribution is 5.33. The zero-order valence-electron chi connectivity index (χ0n) is 11.4. The molecule has 1 atom stereocenters. The van der Waals surface area contributed by atoms with Gasteiger partial charge in [0.25, 0.3) is 0 Å². The molecule has 0 amide bonds. The molecule has 2 rings (SSSR count). The summed E-state index contributed by atoms with van der Waals surface area (Å²) in [6.45, 7) is 2.72. The second kappa shape index (κ2) is 6.91. The van der Waals surface area contributed by atoms with Gasteiger partial charge in [0.15, 0.2) is 0 Å². The van der Waals surface area contributed by atoms with Gasteiger partial charge in [-0.1, -0.05) is 24.3 Å². The van der Waals surface area contributed by atoms with Gasteiger partial charge in [0.05, 0.1) is 12.6 Å². The molecule has 0 aromatic heterocycles. The summed E-state index contributed by atoms with van der Waals surface area (Å²) in [7, 11) is 0. The first-order valence-electron chi connectivity index (χ1n) is 6.56. The molecule has 2 aromatic carbocycles. The summed E-state index contributed by atoms with van der Waals surface area (Å²) in [5.41, 5.74) is 6.40. The highest BCUT2D eigenvalue weighted by Crippen LogP contribution is 2.21. The first-order chi connectivity index (χ1) is 9.70. The molecule has 0 aliphatic heterocycles. The van der Waals surface area contributed by atoms with Crippen LogP contribution in [0.15, 0.2) is 48.5 Å². The van der Waals surface area contributed by atoms with Gasteiger partial charge < -0.3 is 15.2 Å². The summed E-state index contributed by atoms with van der Waals surface area (Å²) in [5, 5.41) is 0. The lowest BCUT2D eigenvalue weighted by atomic mass is 10.1. The van der Waals surface area contributed by atoms with Crippen LogP contribution >= 0.6 is 0 Å². The van der Waals surface area contributed by atoms with Crippen molar-refractivity contribution in [2.75, 3.05) is 13.2 Å². The fourth-order valence-electron chi connectivity index (χ4n) is 1.87. The van der Waals surface area contributed by atoms with Crippen LogP contribution in [0.2, 0.25) is 0 Å². The van der Waals surface area contributed by atoms with Crippen molar-refractivity contribution in [3.8, 4) is 11.5 Å². The lowest BCUT2D eigenvalue weighted by Crippen LogP contribution is -2.20. The Hall–Kier alpha value is -2.07. The van der Waals surface area contributed by atoms with E-state index in [0.717, 1.165) is 5.75 Å². The van der Waals surface area contributed by atoms with E-state index in [1.165, 1.54) is 6.07 Å². The third kappa shape index (κ3) is 3.71. The van der Waals surface area contributed by atoms with Crippen LogP contribution in [0.3, 0.4) is 0 Å². The van der Waals surface area contributed by atoms with E-state index in [2.05, 4.69) is 0 Å². The number of hydrogen-bond acceptors (Lipinski definition) is 3. The Morgan fingerprint density at radius 3 is 2.45 bits per heavy atom. The zero-order valence-corrected chi connectivity index (χ0v) is 11.4. The molecule has 0 aliphatic rings. The Morgan fingerprint density at radius 1 is 1.05 bits per heavy atom. The van der Waals surface area contributed by atoms with E-state index < -0.39 is 6.04 Å². The fraction of sp³-hybridized carbons (Fsp3) is 0.250. The van der Waals surface area contributed by atoms with Gasteiger partial charge in [0.1, 0.15) is 23.9 Å². The average molecular weight is 275 g/mol. The maximum atomic E-state index is 13.6. The van der Waals surface area contributed by atoms with Crippen LogP contribution in [0.25, 0.3) is 0 Å². The van der Waals surface area contributed by atoms with Crippen molar-refractivity contribution < 1.29 is 13.9 Å². The molecule has 4 heteroatoms. The normalized spacial score (nSPS) is 11.9. The average Bonchev–Trinajstić information content (AvgIpc) is 2.46. The van der Waals surface area contributed by atoms with Crippen molar-refractivity contribution in [2.45, 2.75) is 13.0 Å². The van der Waals surface area contributed by atoms with Crippen LogP contribution in [-0.4, -0.2) is 13.2 Å². The monoisotopic (exact) mass is 275 g/mol.